The Morgan fingerprint density at radius 1 is 1.25 bits per heavy atom. The summed E-state index contributed by atoms with van der Waals surface area (Å²) in [5.74, 6) is 0.622. The first-order valence-electron chi connectivity index (χ1n) is 9.58. The average molecular weight is 381 g/mol. The minimum absolute atomic E-state index is 0.0845. The highest BCUT2D eigenvalue weighted by Crippen LogP contribution is 2.39. The van der Waals surface area contributed by atoms with Crippen LogP contribution in [0.15, 0.2) is 36.4 Å². The largest absolute Gasteiger partial charge is 0.496 e. The summed E-state index contributed by atoms with van der Waals surface area (Å²) in [5.41, 5.74) is 3.09. The van der Waals surface area contributed by atoms with Crippen molar-refractivity contribution < 1.29 is 14.5 Å². The average Bonchev–Trinajstić information content (AvgIpc) is 3.37. The Labute approximate surface area is 163 Å². The molecular formula is C21H23N3O4. The van der Waals surface area contributed by atoms with Gasteiger partial charge in [-0.05, 0) is 55.0 Å². The van der Waals surface area contributed by atoms with E-state index in [-0.39, 0.29) is 23.2 Å². The van der Waals surface area contributed by atoms with E-state index in [1.807, 2.05) is 12.1 Å². The second-order valence-corrected chi connectivity index (χ2v) is 7.25. The van der Waals surface area contributed by atoms with Crippen LogP contribution >= 0.6 is 0 Å². The van der Waals surface area contributed by atoms with Gasteiger partial charge in [0, 0.05) is 24.8 Å². The summed E-state index contributed by atoms with van der Waals surface area (Å²) in [6.07, 6.45) is 3.70. The zero-order chi connectivity index (χ0) is 19.7. The van der Waals surface area contributed by atoms with E-state index < -0.39 is 4.92 Å². The maximum Gasteiger partial charge on any atom is 0.282 e. The first-order chi connectivity index (χ1) is 13.6. The fourth-order valence-electron chi connectivity index (χ4n) is 4.21. The minimum Gasteiger partial charge on any atom is -0.496 e. The Bertz CT molecular complexity index is 922. The van der Waals surface area contributed by atoms with Crippen molar-refractivity contribution in [2.24, 2.45) is 0 Å². The Kier molecular flexibility index (Phi) is 4.90. The lowest BCUT2D eigenvalue weighted by molar-refractivity contribution is -0.385. The number of nitro benzene ring substituents is 1. The molecule has 0 spiro atoms. The van der Waals surface area contributed by atoms with Gasteiger partial charge in [0.1, 0.15) is 11.3 Å². The van der Waals surface area contributed by atoms with E-state index in [1.165, 1.54) is 17.2 Å². The standard InChI is InChI=1S/C21H23N3O4/c1-28-20-6-4-5-15-16(20)8-9-18(15)22-14-7-10-19(24(26)27)17(13-14)21(25)23-11-2-3-12-23/h4-7,10,13,18,22H,2-3,8-9,11-12H2,1H3. The molecule has 1 aliphatic heterocycles. The zero-order valence-electron chi connectivity index (χ0n) is 15.8. The fraction of sp³-hybridized carbons (Fsp3) is 0.381. The third-order valence-corrected chi connectivity index (χ3v) is 5.61. The number of hydrogen-bond acceptors (Lipinski definition) is 5. The number of likely N-dealkylation sites (tertiary alicyclic amines) is 1. The number of anilines is 1. The van der Waals surface area contributed by atoms with Gasteiger partial charge in [-0.3, -0.25) is 14.9 Å². The summed E-state index contributed by atoms with van der Waals surface area (Å²) in [5, 5.41) is 14.9. The van der Waals surface area contributed by atoms with Crippen LogP contribution in [0.1, 0.15) is 46.8 Å². The Morgan fingerprint density at radius 3 is 2.75 bits per heavy atom. The third-order valence-electron chi connectivity index (χ3n) is 5.61. The van der Waals surface area contributed by atoms with Gasteiger partial charge in [-0.2, -0.15) is 0 Å². The van der Waals surface area contributed by atoms with Crippen molar-refractivity contribution in [3.63, 3.8) is 0 Å². The van der Waals surface area contributed by atoms with Gasteiger partial charge in [0.15, 0.2) is 0 Å². The van der Waals surface area contributed by atoms with Gasteiger partial charge in [0.25, 0.3) is 11.6 Å². The molecule has 1 aliphatic carbocycles. The number of carbonyl (C=O) groups is 1. The number of fused-ring (bicyclic) bond motifs is 1. The smallest absolute Gasteiger partial charge is 0.282 e. The van der Waals surface area contributed by atoms with Crippen LogP contribution < -0.4 is 10.1 Å². The predicted octanol–water partition coefficient (Wildman–Crippen LogP) is 3.94. The van der Waals surface area contributed by atoms with Crippen molar-refractivity contribution in [3.8, 4) is 5.75 Å². The molecule has 146 valence electrons. The summed E-state index contributed by atoms with van der Waals surface area (Å²) in [4.78, 5) is 25.5. The van der Waals surface area contributed by atoms with Crippen LogP contribution in [0.5, 0.6) is 5.75 Å². The van der Waals surface area contributed by atoms with Crippen molar-refractivity contribution in [1.29, 1.82) is 0 Å². The first-order valence-corrected chi connectivity index (χ1v) is 9.58. The van der Waals surface area contributed by atoms with Crippen molar-refractivity contribution in [2.45, 2.75) is 31.7 Å². The molecule has 2 aromatic rings. The van der Waals surface area contributed by atoms with Crippen LogP contribution in [0.3, 0.4) is 0 Å². The number of methoxy groups -OCH3 is 1. The lowest BCUT2D eigenvalue weighted by atomic mass is 10.1. The third kappa shape index (κ3) is 3.28. The quantitative estimate of drug-likeness (QED) is 0.626. The molecule has 1 saturated heterocycles. The Morgan fingerprint density at radius 2 is 2.04 bits per heavy atom. The topological polar surface area (TPSA) is 84.7 Å². The van der Waals surface area contributed by atoms with E-state index in [0.29, 0.717) is 18.8 Å². The van der Waals surface area contributed by atoms with Gasteiger partial charge in [-0.15, -0.1) is 0 Å². The van der Waals surface area contributed by atoms with Gasteiger partial charge >= 0.3 is 0 Å². The van der Waals surface area contributed by atoms with E-state index in [0.717, 1.165) is 31.4 Å². The van der Waals surface area contributed by atoms with Crippen LogP contribution in [-0.4, -0.2) is 35.9 Å². The molecule has 7 nitrogen and oxygen atoms in total. The number of nitrogens with zero attached hydrogens (tertiary/aromatic N) is 2. The summed E-state index contributed by atoms with van der Waals surface area (Å²) < 4.78 is 5.45. The second kappa shape index (κ2) is 7.50. The molecule has 0 bridgehead atoms. The van der Waals surface area contributed by atoms with E-state index in [2.05, 4.69) is 11.4 Å². The molecular weight excluding hydrogens is 358 g/mol. The fourth-order valence-corrected chi connectivity index (χ4v) is 4.21. The molecule has 1 amide bonds. The molecule has 0 saturated carbocycles. The number of carbonyl (C=O) groups excluding carboxylic acids is 1. The molecule has 1 atom stereocenters. The molecule has 1 N–H and O–H groups in total. The van der Waals surface area contributed by atoms with Gasteiger partial charge in [-0.25, -0.2) is 0 Å². The normalized spacial score (nSPS) is 18.0. The Hall–Kier alpha value is -3.09. The van der Waals surface area contributed by atoms with Gasteiger partial charge in [-0.1, -0.05) is 12.1 Å². The first kappa shape index (κ1) is 18.3. The maximum absolute atomic E-state index is 12.8. The Balaban J connectivity index is 1.62. The maximum atomic E-state index is 12.8. The number of nitro groups is 1. The number of amides is 1. The van der Waals surface area contributed by atoms with Gasteiger partial charge in [0.2, 0.25) is 0 Å². The number of nitrogens with one attached hydrogen (secondary N) is 1. The molecule has 1 heterocycles. The monoisotopic (exact) mass is 381 g/mol. The molecule has 2 aliphatic rings. The molecule has 2 aromatic carbocycles. The zero-order valence-corrected chi connectivity index (χ0v) is 15.8. The molecule has 7 heteroatoms. The summed E-state index contributed by atoms with van der Waals surface area (Å²) >= 11 is 0. The van der Waals surface area contributed by atoms with Crippen LogP contribution in [0.2, 0.25) is 0 Å². The lowest BCUT2D eigenvalue weighted by Crippen LogP contribution is -2.28. The molecule has 28 heavy (non-hydrogen) atoms. The molecule has 1 fully saturated rings. The van der Waals surface area contributed by atoms with Crippen LogP contribution in [0.25, 0.3) is 0 Å². The second-order valence-electron chi connectivity index (χ2n) is 7.25. The highest BCUT2D eigenvalue weighted by Gasteiger charge is 2.29. The van der Waals surface area contributed by atoms with Crippen LogP contribution in [0.4, 0.5) is 11.4 Å². The number of hydrogen-bond donors (Lipinski definition) is 1. The van der Waals surface area contributed by atoms with E-state index in [9.17, 15) is 14.9 Å². The molecule has 0 radical (unpaired) electrons. The van der Waals surface area contributed by atoms with Gasteiger partial charge in [0.05, 0.1) is 18.1 Å². The van der Waals surface area contributed by atoms with Crippen LogP contribution in [-0.2, 0) is 6.42 Å². The predicted molar refractivity (Wildman–Crippen MR) is 106 cm³/mol. The van der Waals surface area contributed by atoms with Crippen molar-refractivity contribution in [3.05, 3.63) is 63.2 Å². The highest BCUT2D eigenvalue weighted by atomic mass is 16.6. The minimum atomic E-state index is -0.483. The summed E-state index contributed by atoms with van der Waals surface area (Å²) in [7, 11) is 1.67. The molecule has 4 rings (SSSR count). The molecule has 1 unspecified atom stereocenters. The van der Waals surface area contributed by atoms with Crippen LogP contribution in [0, 0.1) is 10.1 Å². The number of rotatable bonds is 5. The summed E-state index contributed by atoms with van der Waals surface area (Å²) in [6, 6.07) is 10.8. The SMILES string of the molecule is COc1cccc2c1CCC2Nc1ccc([N+](=O)[O-])c(C(=O)N2CCCC2)c1. The van der Waals surface area contributed by atoms with Gasteiger partial charge < -0.3 is 15.0 Å². The van der Waals surface area contributed by atoms with E-state index in [4.69, 9.17) is 4.74 Å². The van der Waals surface area contributed by atoms with E-state index in [1.54, 1.807) is 24.1 Å². The molecule has 0 aromatic heterocycles. The van der Waals surface area contributed by atoms with Crippen molar-refractivity contribution in [2.75, 3.05) is 25.5 Å². The highest BCUT2D eigenvalue weighted by molar-refractivity contribution is 5.99. The number of benzene rings is 2. The van der Waals surface area contributed by atoms with E-state index >= 15 is 0 Å². The lowest BCUT2D eigenvalue weighted by Gasteiger charge is -2.19. The number of ether oxygens (including phenoxy) is 1. The summed E-state index contributed by atoms with van der Waals surface area (Å²) in [6.45, 7) is 1.31. The van der Waals surface area contributed by atoms with Crippen molar-refractivity contribution >= 4 is 17.3 Å². The van der Waals surface area contributed by atoms with Crippen molar-refractivity contribution in [1.82, 2.24) is 4.90 Å².